The molecule has 0 aromatic carbocycles. The normalized spacial score (nSPS) is 19.4. The second-order valence-electron chi connectivity index (χ2n) is 3.38. The second-order valence-corrected chi connectivity index (χ2v) is 3.38. The highest BCUT2D eigenvalue weighted by Gasteiger charge is 2.48. The smallest absolute Gasteiger partial charge is 0.254 e. The van der Waals surface area contributed by atoms with Crippen LogP contribution in [0.5, 0.6) is 0 Å². The van der Waals surface area contributed by atoms with E-state index in [1.165, 1.54) is 21.0 Å². The fourth-order valence-corrected chi connectivity index (χ4v) is 1.43. The fourth-order valence-electron chi connectivity index (χ4n) is 1.43. The van der Waals surface area contributed by atoms with Crippen molar-refractivity contribution < 1.29 is 19.6 Å². The van der Waals surface area contributed by atoms with Gasteiger partial charge in [-0.25, -0.2) is 0 Å². The summed E-state index contributed by atoms with van der Waals surface area (Å²) in [5, 5.41) is 20.0. The van der Waals surface area contributed by atoms with Crippen molar-refractivity contribution in [1.82, 2.24) is 0 Å². The highest BCUT2D eigenvalue weighted by molar-refractivity contribution is 5.51. The van der Waals surface area contributed by atoms with Crippen LogP contribution in [-0.4, -0.2) is 41.2 Å². The number of hydrogen-bond acceptors (Lipinski definition) is 5. The van der Waals surface area contributed by atoms with Crippen LogP contribution in [0.25, 0.3) is 0 Å². The summed E-state index contributed by atoms with van der Waals surface area (Å²) in [4.78, 5) is 20.5. The number of rotatable bonds is 6. The number of methoxy groups -OCH3 is 1. The van der Waals surface area contributed by atoms with Crippen molar-refractivity contribution in [1.29, 1.82) is 0 Å². The van der Waals surface area contributed by atoms with Crippen LogP contribution < -0.4 is 0 Å². The van der Waals surface area contributed by atoms with Crippen molar-refractivity contribution in [2.24, 2.45) is 0 Å². The van der Waals surface area contributed by atoms with Gasteiger partial charge in [0.1, 0.15) is 6.29 Å². The number of aliphatic hydroxyl groups excluding tert-OH is 1. The van der Waals surface area contributed by atoms with E-state index in [4.69, 9.17) is 4.74 Å². The van der Waals surface area contributed by atoms with Crippen LogP contribution in [0.3, 0.4) is 0 Å². The number of carbonyl (C=O) groups is 1. The Morgan fingerprint density at radius 3 is 2.43 bits per heavy atom. The van der Waals surface area contributed by atoms with E-state index < -0.39 is 22.7 Å². The number of nitro groups is 1. The molecule has 0 aliphatic carbocycles. The van der Waals surface area contributed by atoms with Gasteiger partial charge in [-0.2, -0.15) is 0 Å². The predicted octanol–water partition coefficient (Wildman–Crippen LogP) is 0.00660. The zero-order chi connectivity index (χ0) is 11.4. The minimum Gasteiger partial charge on any atom is -0.390 e. The Bertz CT molecular complexity index is 218. The number of nitrogens with zero attached hydrogens (tertiary/aromatic N) is 1. The zero-order valence-electron chi connectivity index (χ0n) is 8.47. The number of carbonyl (C=O) groups excluding carboxylic acids is 1. The average molecular weight is 205 g/mol. The van der Waals surface area contributed by atoms with Crippen molar-refractivity contribution in [2.75, 3.05) is 7.11 Å². The molecule has 0 amide bonds. The molecule has 0 bridgehead atoms. The number of aldehydes is 1. The molecular weight excluding hydrogens is 190 g/mol. The lowest BCUT2D eigenvalue weighted by Gasteiger charge is -2.29. The highest BCUT2D eigenvalue weighted by Crippen LogP contribution is 2.23. The van der Waals surface area contributed by atoms with E-state index in [0.29, 0.717) is 6.29 Å². The van der Waals surface area contributed by atoms with E-state index in [2.05, 4.69) is 0 Å². The Balaban J connectivity index is 4.94. The van der Waals surface area contributed by atoms with E-state index in [1.54, 1.807) is 0 Å². The second kappa shape index (κ2) is 5.02. The molecule has 0 heterocycles. The van der Waals surface area contributed by atoms with E-state index in [9.17, 15) is 20.0 Å². The van der Waals surface area contributed by atoms with Gasteiger partial charge in [-0.15, -0.1) is 0 Å². The first-order chi connectivity index (χ1) is 6.40. The van der Waals surface area contributed by atoms with Gasteiger partial charge in [0.15, 0.2) is 6.10 Å². The van der Waals surface area contributed by atoms with Crippen LogP contribution in [-0.2, 0) is 9.53 Å². The third kappa shape index (κ3) is 2.49. The number of ether oxygens (including phenoxy) is 1. The first kappa shape index (κ1) is 13.0. The molecule has 6 heteroatoms. The van der Waals surface area contributed by atoms with Crippen LogP contribution in [0.15, 0.2) is 0 Å². The van der Waals surface area contributed by atoms with Gasteiger partial charge in [-0.1, -0.05) is 0 Å². The minimum atomic E-state index is -1.58. The highest BCUT2D eigenvalue weighted by atomic mass is 16.6. The van der Waals surface area contributed by atoms with Gasteiger partial charge >= 0.3 is 0 Å². The van der Waals surface area contributed by atoms with Gasteiger partial charge in [-0.3, -0.25) is 10.1 Å². The monoisotopic (exact) mass is 205 g/mol. The maximum Gasteiger partial charge on any atom is 0.254 e. The fraction of sp³-hybridized carbons (Fsp3) is 0.875. The number of aliphatic hydroxyl groups is 1. The quantitative estimate of drug-likeness (QED) is 0.374. The molecule has 0 saturated carbocycles. The summed E-state index contributed by atoms with van der Waals surface area (Å²) in [7, 11) is 1.27. The summed E-state index contributed by atoms with van der Waals surface area (Å²) < 4.78 is 4.84. The zero-order valence-corrected chi connectivity index (χ0v) is 8.47. The molecule has 1 unspecified atom stereocenters. The molecule has 0 aromatic heterocycles. The summed E-state index contributed by atoms with van der Waals surface area (Å²) in [6.07, 6.45) is -1.83. The van der Waals surface area contributed by atoms with Gasteiger partial charge in [0, 0.05) is 19.0 Å². The van der Waals surface area contributed by atoms with Gasteiger partial charge in [0.05, 0.1) is 12.5 Å². The van der Waals surface area contributed by atoms with Crippen molar-refractivity contribution >= 4 is 6.29 Å². The third-order valence-corrected chi connectivity index (χ3v) is 2.22. The van der Waals surface area contributed by atoms with Crippen molar-refractivity contribution in [3.05, 3.63) is 10.1 Å². The molecule has 0 aliphatic heterocycles. The maximum absolute atomic E-state index is 10.8. The van der Waals surface area contributed by atoms with Gasteiger partial charge in [-0.05, 0) is 6.92 Å². The first-order valence-corrected chi connectivity index (χ1v) is 4.19. The molecule has 0 spiro atoms. The molecule has 0 aliphatic rings. The van der Waals surface area contributed by atoms with Crippen molar-refractivity contribution in [3.63, 3.8) is 0 Å². The largest absolute Gasteiger partial charge is 0.390 e. The lowest BCUT2D eigenvalue weighted by Crippen LogP contribution is -2.52. The molecule has 0 rings (SSSR count). The van der Waals surface area contributed by atoms with Crippen molar-refractivity contribution in [3.8, 4) is 0 Å². The Kier molecular flexibility index (Phi) is 4.65. The molecule has 0 aromatic rings. The summed E-state index contributed by atoms with van der Waals surface area (Å²) in [5.74, 6) is 0. The summed E-state index contributed by atoms with van der Waals surface area (Å²) in [5.41, 5.74) is -1.58. The standard InChI is InChI=1S/C8H15NO5/c1-6(11)7(14-3)8(2,4-5-10)9(12)13/h5-7,11H,4H2,1-3H3/t6?,7-,8-/m0/s1. The lowest BCUT2D eigenvalue weighted by molar-refractivity contribution is -0.579. The van der Waals surface area contributed by atoms with E-state index in [0.717, 1.165) is 0 Å². The first-order valence-electron chi connectivity index (χ1n) is 4.19. The van der Waals surface area contributed by atoms with Gasteiger partial charge < -0.3 is 14.6 Å². The molecule has 82 valence electrons. The number of hydrogen-bond donors (Lipinski definition) is 1. The summed E-state index contributed by atoms with van der Waals surface area (Å²) in [6, 6.07) is 0. The molecule has 14 heavy (non-hydrogen) atoms. The molecule has 0 fully saturated rings. The van der Waals surface area contributed by atoms with Gasteiger partial charge in [0.25, 0.3) is 5.54 Å². The van der Waals surface area contributed by atoms with E-state index in [-0.39, 0.29) is 6.42 Å². The van der Waals surface area contributed by atoms with Gasteiger partial charge in [0.2, 0.25) is 0 Å². The van der Waals surface area contributed by atoms with Crippen LogP contribution in [0, 0.1) is 10.1 Å². The third-order valence-electron chi connectivity index (χ3n) is 2.22. The lowest BCUT2D eigenvalue weighted by atomic mass is 9.89. The van der Waals surface area contributed by atoms with E-state index in [1.807, 2.05) is 0 Å². The average Bonchev–Trinajstić information content (AvgIpc) is 2.04. The molecule has 0 saturated heterocycles. The predicted molar refractivity (Wildman–Crippen MR) is 48.6 cm³/mol. The van der Waals surface area contributed by atoms with Crippen molar-refractivity contribution in [2.45, 2.75) is 38.0 Å². The SMILES string of the molecule is CO[C@@H](C(C)O)[C@](C)(CC=O)[N+](=O)[O-]. The van der Waals surface area contributed by atoms with Crippen LogP contribution in [0.1, 0.15) is 20.3 Å². The molecule has 3 atom stereocenters. The van der Waals surface area contributed by atoms with Crippen LogP contribution in [0.4, 0.5) is 0 Å². The Hall–Kier alpha value is -1.01. The summed E-state index contributed by atoms with van der Waals surface area (Å²) >= 11 is 0. The Morgan fingerprint density at radius 2 is 2.21 bits per heavy atom. The van der Waals surface area contributed by atoms with Crippen LogP contribution in [0.2, 0.25) is 0 Å². The molecular formula is C8H15NO5. The Morgan fingerprint density at radius 1 is 1.71 bits per heavy atom. The minimum absolute atomic E-state index is 0.288. The Labute approximate surface area is 82.0 Å². The molecule has 1 N–H and O–H groups in total. The van der Waals surface area contributed by atoms with Crippen LogP contribution >= 0.6 is 0 Å². The topological polar surface area (TPSA) is 89.7 Å². The maximum atomic E-state index is 10.8. The summed E-state index contributed by atoms with van der Waals surface area (Å²) in [6.45, 7) is 2.67. The molecule has 0 radical (unpaired) electrons. The van der Waals surface area contributed by atoms with E-state index >= 15 is 0 Å². The molecule has 6 nitrogen and oxygen atoms in total.